The van der Waals surface area contributed by atoms with Crippen LogP contribution in [0.25, 0.3) is 0 Å². The zero-order chi connectivity index (χ0) is 15.8. The molecule has 3 aliphatic rings. The summed E-state index contributed by atoms with van der Waals surface area (Å²) >= 11 is 0. The summed E-state index contributed by atoms with van der Waals surface area (Å²) in [7, 11) is 2.17. The Morgan fingerprint density at radius 1 is 1.30 bits per heavy atom. The maximum absolute atomic E-state index is 12.9. The lowest BCUT2D eigenvalue weighted by atomic mass is 10.2. The van der Waals surface area contributed by atoms with E-state index >= 15 is 0 Å². The van der Waals surface area contributed by atoms with E-state index in [9.17, 15) is 4.79 Å². The van der Waals surface area contributed by atoms with Crippen LogP contribution in [-0.2, 0) is 4.74 Å². The van der Waals surface area contributed by atoms with Crippen molar-refractivity contribution in [3.63, 3.8) is 0 Å². The number of amides is 1. The quantitative estimate of drug-likeness (QED) is 0.805. The van der Waals surface area contributed by atoms with Crippen LogP contribution in [-0.4, -0.2) is 66.2 Å². The van der Waals surface area contributed by atoms with Gasteiger partial charge in [0.2, 0.25) is 0 Å². The van der Waals surface area contributed by atoms with E-state index in [1.54, 1.807) is 0 Å². The molecule has 1 amide bonds. The zero-order valence-electron chi connectivity index (χ0n) is 14.0. The van der Waals surface area contributed by atoms with Gasteiger partial charge in [-0.1, -0.05) is 0 Å². The maximum atomic E-state index is 12.9. The van der Waals surface area contributed by atoms with Crippen LogP contribution in [0, 0.1) is 5.92 Å². The summed E-state index contributed by atoms with van der Waals surface area (Å²) in [6, 6.07) is 4.50. The van der Waals surface area contributed by atoms with Crippen molar-refractivity contribution in [3.05, 3.63) is 24.0 Å². The lowest BCUT2D eigenvalue weighted by Crippen LogP contribution is -2.49. The van der Waals surface area contributed by atoms with E-state index in [0.29, 0.717) is 25.7 Å². The summed E-state index contributed by atoms with van der Waals surface area (Å²) in [6.45, 7) is 4.15. The third-order valence-corrected chi connectivity index (χ3v) is 5.15. The molecule has 126 valence electrons. The van der Waals surface area contributed by atoms with Gasteiger partial charge in [0.05, 0.1) is 12.7 Å². The predicted molar refractivity (Wildman–Crippen MR) is 88.6 cm³/mol. The lowest BCUT2D eigenvalue weighted by Gasteiger charge is -2.35. The van der Waals surface area contributed by atoms with Gasteiger partial charge in [-0.15, -0.1) is 0 Å². The van der Waals surface area contributed by atoms with E-state index < -0.39 is 0 Å². The van der Waals surface area contributed by atoms with Crippen LogP contribution in [0.15, 0.2) is 18.3 Å². The average Bonchev–Trinajstić information content (AvgIpc) is 3.48. The Bertz CT molecular complexity index is 562. The molecule has 0 unspecified atom stereocenters. The molecule has 0 bridgehead atoms. The van der Waals surface area contributed by atoms with Gasteiger partial charge in [-0.3, -0.25) is 4.79 Å². The molecule has 1 aliphatic heterocycles. The minimum Gasteiger partial charge on any atom is -0.373 e. The Labute approximate surface area is 138 Å². The summed E-state index contributed by atoms with van der Waals surface area (Å²) in [5.74, 6) is 1.06. The van der Waals surface area contributed by atoms with Crippen LogP contribution in [0.1, 0.15) is 42.2 Å². The first-order valence-electron chi connectivity index (χ1n) is 8.97. The summed E-state index contributed by atoms with van der Waals surface area (Å²) in [6.07, 6.45) is 7.34. The van der Waals surface area contributed by atoms with Gasteiger partial charge in [-0.05, 0) is 50.8 Å². The van der Waals surface area contributed by atoms with Gasteiger partial charge < -0.3 is 19.1 Å². The number of carbonyl (C=O) groups is 1. The number of rotatable bonds is 6. The lowest BCUT2D eigenvalue weighted by molar-refractivity contribution is -0.0336. The molecule has 2 heterocycles. The third-order valence-electron chi connectivity index (χ3n) is 5.15. The zero-order valence-corrected chi connectivity index (χ0v) is 14.0. The Hall–Kier alpha value is -1.33. The highest BCUT2D eigenvalue weighted by atomic mass is 16.5. The molecule has 3 fully saturated rings. The molecule has 0 spiro atoms. The Kier molecular flexibility index (Phi) is 4.16. The number of morpholine rings is 1. The summed E-state index contributed by atoms with van der Waals surface area (Å²) in [5, 5.41) is 0. The van der Waals surface area contributed by atoms with Crippen LogP contribution in [0.4, 0.5) is 0 Å². The fraction of sp³-hybridized carbons (Fsp3) is 0.722. The molecule has 5 heteroatoms. The van der Waals surface area contributed by atoms with Crippen LogP contribution >= 0.6 is 0 Å². The van der Waals surface area contributed by atoms with Gasteiger partial charge in [0.25, 0.3) is 5.91 Å². The van der Waals surface area contributed by atoms with E-state index in [0.717, 1.165) is 18.2 Å². The van der Waals surface area contributed by atoms with Crippen molar-refractivity contribution in [2.24, 2.45) is 5.92 Å². The monoisotopic (exact) mass is 317 g/mol. The van der Waals surface area contributed by atoms with Crippen molar-refractivity contribution in [1.82, 2.24) is 14.4 Å². The van der Waals surface area contributed by atoms with Crippen LogP contribution in [0.5, 0.6) is 0 Å². The van der Waals surface area contributed by atoms with E-state index in [1.165, 1.54) is 32.2 Å². The van der Waals surface area contributed by atoms with Crippen molar-refractivity contribution in [3.8, 4) is 0 Å². The van der Waals surface area contributed by atoms with Crippen molar-refractivity contribution >= 4 is 5.91 Å². The smallest absolute Gasteiger partial charge is 0.270 e. The molecule has 2 saturated carbocycles. The van der Waals surface area contributed by atoms with Crippen molar-refractivity contribution < 1.29 is 9.53 Å². The molecular weight excluding hydrogens is 290 g/mol. The fourth-order valence-corrected chi connectivity index (χ4v) is 3.59. The van der Waals surface area contributed by atoms with Crippen LogP contribution < -0.4 is 0 Å². The molecule has 5 nitrogen and oxygen atoms in total. The third kappa shape index (κ3) is 3.61. The molecule has 0 aromatic carbocycles. The Balaban J connectivity index is 1.36. The van der Waals surface area contributed by atoms with E-state index in [-0.39, 0.29) is 12.0 Å². The number of hydrogen-bond acceptors (Lipinski definition) is 3. The highest BCUT2D eigenvalue weighted by Gasteiger charge is 2.31. The normalized spacial score (nSPS) is 25.1. The van der Waals surface area contributed by atoms with Gasteiger partial charge in [0.15, 0.2) is 0 Å². The molecule has 0 N–H and O–H groups in total. The second-order valence-corrected chi connectivity index (χ2v) is 7.44. The van der Waals surface area contributed by atoms with E-state index in [1.807, 2.05) is 23.2 Å². The van der Waals surface area contributed by atoms with E-state index in [2.05, 4.69) is 16.5 Å². The molecule has 0 radical (unpaired) electrons. The number of hydrogen-bond donors (Lipinski definition) is 0. The van der Waals surface area contributed by atoms with Gasteiger partial charge in [-0.2, -0.15) is 0 Å². The molecule has 1 saturated heterocycles. The van der Waals surface area contributed by atoms with Gasteiger partial charge in [-0.25, -0.2) is 0 Å². The van der Waals surface area contributed by atoms with Crippen molar-refractivity contribution in [1.29, 1.82) is 0 Å². The largest absolute Gasteiger partial charge is 0.373 e. The highest BCUT2D eigenvalue weighted by Crippen LogP contribution is 2.36. The number of nitrogens with zero attached hydrogens (tertiary/aromatic N) is 3. The average molecular weight is 317 g/mol. The highest BCUT2D eigenvalue weighted by molar-refractivity contribution is 5.93. The molecule has 1 atom stereocenters. The standard InChI is InChI=1S/C18H27N3O2/c1-19(11-14-4-5-14)12-16-13-20(9-10-23-16)18(22)17-3-2-8-21(17)15-6-7-15/h2-3,8,14-16H,4-7,9-13H2,1H3/t16-/m0/s1. The van der Waals surface area contributed by atoms with Crippen molar-refractivity contribution in [2.75, 3.05) is 39.8 Å². The molecule has 2 aliphatic carbocycles. The summed E-state index contributed by atoms with van der Waals surface area (Å²) in [4.78, 5) is 17.2. The molecular formula is C18H27N3O2. The van der Waals surface area contributed by atoms with Gasteiger partial charge in [0, 0.05) is 38.4 Å². The van der Waals surface area contributed by atoms with Crippen LogP contribution in [0.2, 0.25) is 0 Å². The summed E-state index contributed by atoms with van der Waals surface area (Å²) < 4.78 is 8.05. The SMILES string of the molecule is CN(CC1CC1)C[C@H]1CN(C(=O)c2cccn2C2CC2)CCO1. The summed E-state index contributed by atoms with van der Waals surface area (Å²) in [5.41, 5.74) is 0.847. The Morgan fingerprint density at radius 2 is 2.13 bits per heavy atom. The second-order valence-electron chi connectivity index (χ2n) is 7.44. The van der Waals surface area contributed by atoms with Crippen molar-refractivity contribution in [2.45, 2.75) is 37.8 Å². The van der Waals surface area contributed by atoms with Gasteiger partial charge in [0.1, 0.15) is 5.69 Å². The topological polar surface area (TPSA) is 37.7 Å². The Morgan fingerprint density at radius 3 is 2.87 bits per heavy atom. The maximum Gasteiger partial charge on any atom is 0.270 e. The minimum atomic E-state index is 0.140. The number of carbonyl (C=O) groups excluding carboxylic acids is 1. The molecule has 1 aromatic rings. The molecule has 4 rings (SSSR count). The molecule has 23 heavy (non-hydrogen) atoms. The second kappa shape index (κ2) is 6.29. The van der Waals surface area contributed by atoms with Crippen LogP contribution in [0.3, 0.4) is 0 Å². The minimum absolute atomic E-state index is 0.140. The first-order valence-corrected chi connectivity index (χ1v) is 8.97. The first-order chi connectivity index (χ1) is 11.2. The molecule has 1 aromatic heterocycles. The predicted octanol–water partition coefficient (Wildman–Crippen LogP) is 2.01. The number of aromatic nitrogens is 1. The number of likely N-dealkylation sites (N-methyl/N-ethyl adjacent to an activating group) is 1. The van der Waals surface area contributed by atoms with E-state index in [4.69, 9.17) is 4.74 Å². The van der Waals surface area contributed by atoms with Gasteiger partial charge >= 0.3 is 0 Å². The first kappa shape index (κ1) is 15.2. The fourth-order valence-electron chi connectivity index (χ4n) is 3.59. The number of ether oxygens (including phenoxy) is 1.